The number of carbonyl (C=O) groups is 2. The molecule has 1 aliphatic rings. The maximum absolute atomic E-state index is 14.1. The molecule has 0 radical (unpaired) electrons. The van der Waals surface area contributed by atoms with Crippen LogP contribution in [0.25, 0.3) is 0 Å². The van der Waals surface area contributed by atoms with Gasteiger partial charge in [-0.1, -0.05) is 59.7 Å². The molecule has 0 aliphatic heterocycles. The van der Waals surface area contributed by atoms with E-state index in [2.05, 4.69) is 43.2 Å². The summed E-state index contributed by atoms with van der Waals surface area (Å²) in [6, 6.07) is 11.3. The van der Waals surface area contributed by atoms with Gasteiger partial charge in [-0.25, -0.2) is 9.18 Å². The number of aliphatic carboxylic acids is 1. The highest BCUT2D eigenvalue weighted by Gasteiger charge is 2.62. The second kappa shape index (κ2) is 10.0. The first kappa shape index (κ1) is 25.5. The van der Waals surface area contributed by atoms with Gasteiger partial charge in [0, 0.05) is 19.0 Å². The van der Waals surface area contributed by atoms with Gasteiger partial charge in [-0.2, -0.15) is 0 Å². The number of urea groups is 1. The van der Waals surface area contributed by atoms with Crippen LogP contribution in [0.3, 0.4) is 0 Å². The molecule has 2 aromatic rings. The second-order valence-electron chi connectivity index (χ2n) is 10.6. The van der Waals surface area contributed by atoms with E-state index in [0.717, 1.165) is 24.3 Å². The van der Waals surface area contributed by atoms with Crippen LogP contribution in [0.4, 0.5) is 26.2 Å². The highest BCUT2D eigenvalue weighted by atomic mass is 19.1. The molecule has 0 saturated heterocycles. The van der Waals surface area contributed by atoms with E-state index in [9.17, 15) is 19.1 Å². The normalized spacial score (nSPS) is 18.6. The van der Waals surface area contributed by atoms with Crippen LogP contribution in [-0.2, 0) is 4.79 Å². The van der Waals surface area contributed by atoms with Gasteiger partial charge in [0.05, 0.1) is 23.0 Å². The molecule has 3 N–H and O–H groups in total. The quantitative estimate of drug-likeness (QED) is 0.396. The van der Waals surface area contributed by atoms with Gasteiger partial charge in [0.15, 0.2) is 0 Å². The van der Waals surface area contributed by atoms with Crippen molar-refractivity contribution in [3.63, 3.8) is 0 Å². The van der Waals surface area contributed by atoms with E-state index in [1.807, 2.05) is 32.0 Å². The molecule has 34 heavy (non-hydrogen) atoms. The Kier molecular flexibility index (Phi) is 7.54. The van der Waals surface area contributed by atoms with Crippen molar-refractivity contribution in [3.05, 3.63) is 53.8 Å². The molecule has 184 valence electrons. The van der Waals surface area contributed by atoms with E-state index in [-0.39, 0.29) is 17.0 Å². The number of rotatable bonds is 9. The van der Waals surface area contributed by atoms with E-state index in [4.69, 9.17) is 0 Å². The van der Waals surface area contributed by atoms with E-state index in [0.29, 0.717) is 17.5 Å². The van der Waals surface area contributed by atoms with Crippen LogP contribution >= 0.6 is 0 Å². The van der Waals surface area contributed by atoms with Crippen molar-refractivity contribution in [1.29, 1.82) is 0 Å². The number of hydrogen-bond donors (Lipinski definition) is 3. The number of hydrogen-bond acceptors (Lipinski definition) is 3. The molecule has 2 atom stereocenters. The van der Waals surface area contributed by atoms with Gasteiger partial charge in [0.1, 0.15) is 5.82 Å². The lowest BCUT2D eigenvalue weighted by molar-refractivity contribution is -0.139. The van der Waals surface area contributed by atoms with E-state index < -0.39 is 23.7 Å². The number of anilines is 3. The topological polar surface area (TPSA) is 81.7 Å². The molecule has 1 fully saturated rings. The van der Waals surface area contributed by atoms with Crippen LogP contribution in [0.1, 0.15) is 53.0 Å². The molecule has 1 aliphatic carbocycles. The van der Waals surface area contributed by atoms with Gasteiger partial charge in [-0.3, -0.25) is 4.79 Å². The number of halogens is 1. The summed E-state index contributed by atoms with van der Waals surface area (Å²) in [6.07, 6.45) is 0. The van der Waals surface area contributed by atoms with E-state index in [1.54, 1.807) is 12.1 Å². The van der Waals surface area contributed by atoms with Gasteiger partial charge >= 0.3 is 12.0 Å². The van der Waals surface area contributed by atoms with Crippen LogP contribution in [-0.4, -0.2) is 30.2 Å². The zero-order chi connectivity index (χ0) is 25.2. The maximum Gasteiger partial charge on any atom is 0.323 e. The first-order chi connectivity index (χ1) is 15.9. The van der Waals surface area contributed by atoms with Gasteiger partial charge in [0.2, 0.25) is 0 Å². The Hall–Kier alpha value is -3.09. The molecule has 0 aromatic heterocycles. The average Bonchev–Trinajstić information content (AvgIpc) is 3.31. The minimum atomic E-state index is -0.813. The molecular weight excluding hydrogens is 433 g/mol. The number of amides is 2. The van der Waals surface area contributed by atoms with Gasteiger partial charge < -0.3 is 20.6 Å². The first-order valence-electron chi connectivity index (χ1n) is 11.9. The summed E-state index contributed by atoms with van der Waals surface area (Å²) in [4.78, 5) is 26.8. The number of benzene rings is 2. The maximum atomic E-state index is 14.1. The highest BCUT2D eigenvalue weighted by Crippen LogP contribution is 2.64. The van der Waals surface area contributed by atoms with E-state index in [1.165, 1.54) is 12.1 Å². The fourth-order valence-electron chi connectivity index (χ4n) is 4.83. The minimum absolute atomic E-state index is 0.0909. The lowest BCUT2D eigenvalue weighted by atomic mass is 10.0. The summed E-state index contributed by atoms with van der Waals surface area (Å²) in [5.41, 5.74) is 2.04. The van der Waals surface area contributed by atoms with Gasteiger partial charge in [0.25, 0.3) is 0 Å². The zero-order valence-electron chi connectivity index (χ0n) is 20.9. The molecule has 7 heteroatoms. The van der Waals surface area contributed by atoms with Crippen molar-refractivity contribution in [1.82, 2.24) is 0 Å². The molecular formula is C27H36FN3O3. The van der Waals surface area contributed by atoms with Crippen molar-refractivity contribution in [2.45, 2.75) is 47.5 Å². The molecule has 0 spiro atoms. The van der Waals surface area contributed by atoms with Crippen molar-refractivity contribution in [2.24, 2.45) is 23.2 Å². The average molecular weight is 470 g/mol. The summed E-state index contributed by atoms with van der Waals surface area (Å²) in [6.45, 7) is 14.1. The molecule has 3 rings (SSSR count). The van der Waals surface area contributed by atoms with Crippen molar-refractivity contribution in [2.75, 3.05) is 28.6 Å². The molecule has 0 bridgehead atoms. The summed E-state index contributed by atoms with van der Waals surface area (Å²) in [5, 5.41) is 15.1. The molecule has 0 heterocycles. The zero-order valence-corrected chi connectivity index (χ0v) is 20.9. The Morgan fingerprint density at radius 2 is 1.59 bits per heavy atom. The monoisotopic (exact) mass is 469 g/mol. The number of nitrogens with zero attached hydrogens (tertiary/aromatic N) is 1. The Morgan fingerprint density at radius 3 is 2.12 bits per heavy atom. The Morgan fingerprint density at radius 1 is 1.00 bits per heavy atom. The lowest BCUT2D eigenvalue weighted by Crippen LogP contribution is -2.32. The van der Waals surface area contributed by atoms with Crippen molar-refractivity contribution in [3.8, 4) is 0 Å². The molecule has 0 unspecified atom stereocenters. The summed E-state index contributed by atoms with van der Waals surface area (Å²) >= 11 is 0. The smallest absolute Gasteiger partial charge is 0.323 e. The minimum Gasteiger partial charge on any atom is -0.481 e. The lowest BCUT2D eigenvalue weighted by Gasteiger charge is -2.31. The molecule has 2 aromatic carbocycles. The predicted molar refractivity (Wildman–Crippen MR) is 135 cm³/mol. The third-order valence-electron chi connectivity index (χ3n) is 6.36. The Labute approximate surface area is 201 Å². The second-order valence-corrected chi connectivity index (χ2v) is 10.6. The van der Waals surface area contributed by atoms with Crippen LogP contribution < -0.4 is 15.5 Å². The fourth-order valence-corrected chi connectivity index (χ4v) is 4.83. The fraction of sp³-hybridized carbons (Fsp3) is 0.481. The van der Waals surface area contributed by atoms with E-state index >= 15 is 0 Å². The SMILES string of the molecule is CC(C)CN(CC(C)C)c1ccc([C@H]2[C@@H](C(=O)O)C2(C)C)cc1NC(=O)Nc1ccccc1F. The van der Waals surface area contributed by atoms with Crippen LogP contribution in [0.5, 0.6) is 0 Å². The number of para-hydroxylation sites is 1. The highest BCUT2D eigenvalue weighted by molar-refractivity contribution is 6.02. The largest absolute Gasteiger partial charge is 0.481 e. The number of carbonyl (C=O) groups excluding carboxylic acids is 1. The van der Waals surface area contributed by atoms with Gasteiger partial charge in [-0.15, -0.1) is 0 Å². The van der Waals surface area contributed by atoms with Crippen LogP contribution in [0.2, 0.25) is 0 Å². The summed E-state index contributed by atoms with van der Waals surface area (Å²) in [5.74, 6) is -1.14. The van der Waals surface area contributed by atoms with Crippen LogP contribution in [0.15, 0.2) is 42.5 Å². The number of nitrogens with one attached hydrogen (secondary N) is 2. The number of carboxylic acid groups (broad SMARTS) is 1. The standard InChI is InChI=1S/C27H36FN3O3/c1-16(2)14-31(15-17(3)4)22-12-11-18(23-24(25(32)33)27(23,5)6)13-21(22)30-26(34)29-20-10-8-7-9-19(20)28/h7-13,16-17,23-24H,14-15H2,1-6H3,(H,32,33)(H2,29,30,34)/t23-,24-/m0/s1. The Bertz CT molecular complexity index is 1040. The van der Waals surface area contributed by atoms with Crippen molar-refractivity contribution < 1.29 is 19.1 Å². The van der Waals surface area contributed by atoms with Crippen LogP contribution in [0, 0.1) is 29.0 Å². The first-order valence-corrected chi connectivity index (χ1v) is 11.9. The number of carboxylic acids is 1. The van der Waals surface area contributed by atoms with Gasteiger partial charge in [-0.05, 0) is 47.1 Å². The third kappa shape index (κ3) is 5.69. The summed E-state index contributed by atoms with van der Waals surface area (Å²) in [7, 11) is 0. The summed E-state index contributed by atoms with van der Waals surface area (Å²) < 4.78 is 14.1. The Balaban J connectivity index is 1.97. The van der Waals surface area contributed by atoms with Crippen molar-refractivity contribution >= 4 is 29.1 Å². The molecule has 2 amide bonds. The molecule has 1 saturated carbocycles. The predicted octanol–water partition coefficient (Wildman–Crippen LogP) is 6.41. The molecule has 6 nitrogen and oxygen atoms in total. The third-order valence-corrected chi connectivity index (χ3v) is 6.36.